The first-order valence-electron chi connectivity index (χ1n) is 7.27. The molecule has 0 unspecified atom stereocenters. The van der Waals surface area contributed by atoms with Crippen LogP contribution in [0, 0.1) is 5.82 Å². The molecule has 0 fully saturated rings. The van der Waals surface area contributed by atoms with Crippen molar-refractivity contribution >= 4 is 23.5 Å². The Kier molecular flexibility index (Phi) is 6.14. The summed E-state index contributed by atoms with van der Waals surface area (Å²) in [5.41, 5.74) is 1.38. The molecule has 0 aliphatic rings. The first-order chi connectivity index (χ1) is 11.8. The Morgan fingerprint density at radius 2 is 1.68 bits per heavy atom. The summed E-state index contributed by atoms with van der Waals surface area (Å²) in [6.45, 7) is 0.245. The van der Waals surface area contributed by atoms with Crippen LogP contribution in [0.4, 0.5) is 4.39 Å². The van der Waals surface area contributed by atoms with Crippen LogP contribution in [-0.4, -0.2) is 27.0 Å². The van der Waals surface area contributed by atoms with Gasteiger partial charge in [0, 0.05) is 18.1 Å². The molecule has 2 N–H and O–H groups in total. The molecule has 0 bridgehead atoms. The average Bonchev–Trinajstić information content (AvgIpc) is 2.56. The molecule has 0 spiro atoms. The zero-order valence-corrected chi connectivity index (χ0v) is 13.8. The van der Waals surface area contributed by atoms with Gasteiger partial charge in [0.05, 0.1) is 6.08 Å². The van der Waals surface area contributed by atoms with Crippen LogP contribution in [0.15, 0.2) is 60.4 Å². The van der Waals surface area contributed by atoms with E-state index in [-0.39, 0.29) is 13.1 Å². The van der Waals surface area contributed by atoms with E-state index in [1.165, 1.54) is 29.2 Å². The molecule has 0 saturated carbocycles. The number of nitrogens with zero attached hydrogens (tertiary/aromatic N) is 1. The maximum Gasteiger partial charge on any atom is 0.371 e. The molecule has 0 atom stereocenters. The Balaban J connectivity index is 2.26. The molecule has 2 aromatic rings. The van der Waals surface area contributed by atoms with Crippen LogP contribution < -0.4 is 0 Å². The molecule has 7 heteroatoms. The standard InChI is InChI=1S/C18H15ClFNO4/c19-14-3-1-2-13(8-14)11-21(17(23)9-16(22)18(24)25)10-12-4-6-15(20)7-5-12/h1-9,22H,10-11H2,(H,24,25)/b16-9-. The van der Waals surface area contributed by atoms with Crippen molar-refractivity contribution in [1.29, 1.82) is 0 Å². The van der Waals surface area contributed by atoms with Gasteiger partial charge >= 0.3 is 5.97 Å². The molecule has 1 amide bonds. The van der Waals surface area contributed by atoms with E-state index < -0.39 is 23.5 Å². The van der Waals surface area contributed by atoms with E-state index >= 15 is 0 Å². The monoisotopic (exact) mass is 363 g/mol. The van der Waals surface area contributed by atoms with E-state index in [2.05, 4.69) is 0 Å². The van der Waals surface area contributed by atoms with Gasteiger partial charge in [0.1, 0.15) is 5.82 Å². The number of hydrogen-bond acceptors (Lipinski definition) is 3. The molecule has 130 valence electrons. The average molecular weight is 364 g/mol. The largest absolute Gasteiger partial charge is 0.502 e. The van der Waals surface area contributed by atoms with Crippen LogP contribution >= 0.6 is 11.6 Å². The summed E-state index contributed by atoms with van der Waals surface area (Å²) in [6.07, 6.45) is 0.635. The minimum atomic E-state index is -1.60. The van der Waals surface area contributed by atoms with Crippen molar-refractivity contribution in [2.45, 2.75) is 13.1 Å². The normalized spacial score (nSPS) is 11.2. The number of benzene rings is 2. The lowest BCUT2D eigenvalue weighted by Crippen LogP contribution is -2.29. The molecule has 0 saturated heterocycles. The predicted molar refractivity (Wildman–Crippen MR) is 90.5 cm³/mol. The third kappa shape index (κ3) is 5.61. The Labute approximate surface area is 148 Å². The summed E-state index contributed by atoms with van der Waals surface area (Å²) in [7, 11) is 0. The van der Waals surface area contributed by atoms with Gasteiger partial charge in [0.25, 0.3) is 5.91 Å². The third-order valence-electron chi connectivity index (χ3n) is 3.34. The van der Waals surface area contributed by atoms with Gasteiger partial charge in [0.15, 0.2) is 0 Å². The van der Waals surface area contributed by atoms with Crippen molar-refractivity contribution in [2.24, 2.45) is 0 Å². The number of hydrogen-bond donors (Lipinski definition) is 2. The van der Waals surface area contributed by atoms with Crippen molar-refractivity contribution in [3.05, 3.63) is 82.3 Å². The highest BCUT2D eigenvalue weighted by atomic mass is 35.5. The van der Waals surface area contributed by atoms with Crippen molar-refractivity contribution in [3.63, 3.8) is 0 Å². The lowest BCUT2D eigenvalue weighted by atomic mass is 10.1. The van der Waals surface area contributed by atoms with Gasteiger partial charge in [-0.25, -0.2) is 9.18 Å². The zero-order valence-electron chi connectivity index (χ0n) is 13.0. The van der Waals surface area contributed by atoms with Crippen molar-refractivity contribution in [2.75, 3.05) is 0 Å². The van der Waals surface area contributed by atoms with Gasteiger partial charge in [0.2, 0.25) is 5.76 Å². The van der Waals surface area contributed by atoms with Crippen molar-refractivity contribution in [3.8, 4) is 0 Å². The Bertz CT molecular complexity index is 805. The highest BCUT2D eigenvalue weighted by Crippen LogP contribution is 2.16. The molecule has 2 rings (SSSR count). The number of rotatable bonds is 6. The van der Waals surface area contributed by atoms with E-state index in [1.54, 1.807) is 24.3 Å². The second kappa shape index (κ2) is 8.30. The van der Waals surface area contributed by atoms with Gasteiger partial charge in [-0.2, -0.15) is 0 Å². The number of carboxylic acid groups (broad SMARTS) is 1. The second-order valence-corrected chi connectivity index (χ2v) is 5.72. The maximum absolute atomic E-state index is 13.0. The van der Waals surface area contributed by atoms with Crippen LogP contribution in [0.1, 0.15) is 11.1 Å². The summed E-state index contributed by atoms with van der Waals surface area (Å²) >= 11 is 5.94. The van der Waals surface area contributed by atoms with Crippen LogP contribution in [0.2, 0.25) is 5.02 Å². The molecule has 0 radical (unpaired) electrons. The molecule has 5 nitrogen and oxygen atoms in total. The molecule has 0 aliphatic heterocycles. The van der Waals surface area contributed by atoms with E-state index in [0.29, 0.717) is 16.7 Å². The molecule has 0 aromatic heterocycles. The number of amides is 1. The Morgan fingerprint density at radius 3 is 2.28 bits per heavy atom. The lowest BCUT2D eigenvalue weighted by molar-refractivity contribution is -0.136. The van der Waals surface area contributed by atoms with E-state index in [9.17, 15) is 19.1 Å². The quantitative estimate of drug-likeness (QED) is 0.608. The summed E-state index contributed by atoms with van der Waals surface area (Å²) < 4.78 is 13.0. The first-order valence-corrected chi connectivity index (χ1v) is 7.64. The lowest BCUT2D eigenvalue weighted by Gasteiger charge is -2.22. The number of halogens is 2. The number of carbonyl (C=O) groups is 2. The summed E-state index contributed by atoms with van der Waals surface area (Å²) in [5.74, 6) is -3.75. The number of carboxylic acids is 1. The number of carbonyl (C=O) groups excluding carboxylic acids is 1. The van der Waals surface area contributed by atoms with E-state index in [4.69, 9.17) is 16.7 Å². The van der Waals surface area contributed by atoms with Crippen LogP contribution in [0.25, 0.3) is 0 Å². The van der Waals surface area contributed by atoms with Crippen LogP contribution in [-0.2, 0) is 22.7 Å². The minimum absolute atomic E-state index is 0.106. The summed E-state index contributed by atoms with van der Waals surface area (Å²) in [6, 6.07) is 12.4. The molecule has 2 aromatic carbocycles. The zero-order chi connectivity index (χ0) is 18.4. The Morgan fingerprint density at radius 1 is 1.04 bits per heavy atom. The van der Waals surface area contributed by atoms with E-state index in [1.807, 2.05) is 0 Å². The van der Waals surface area contributed by atoms with Gasteiger partial charge in [-0.3, -0.25) is 4.79 Å². The number of aliphatic hydroxyl groups excluding tert-OH is 1. The van der Waals surface area contributed by atoms with Gasteiger partial charge in [-0.1, -0.05) is 35.9 Å². The van der Waals surface area contributed by atoms with Gasteiger partial charge in [-0.05, 0) is 35.4 Å². The Hall–Kier alpha value is -2.86. The number of aliphatic hydroxyl groups is 1. The van der Waals surface area contributed by atoms with Gasteiger partial charge in [-0.15, -0.1) is 0 Å². The predicted octanol–water partition coefficient (Wildman–Crippen LogP) is 3.53. The fraction of sp³-hybridized carbons (Fsp3) is 0.111. The van der Waals surface area contributed by atoms with E-state index in [0.717, 1.165) is 5.56 Å². The van der Waals surface area contributed by atoms with Crippen molar-refractivity contribution in [1.82, 2.24) is 4.90 Å². The summed E-state index contributed by atoms with van der Waals surface area (Å²) in [4.78, 5) is 24.4. The second-order valence-electron chi connectivity index (χ2n) is 5.29. The van der Waals surface area contributed by atoms with Crippen LogP contribution in [0.5, 0.6) is 0 Å². The molecular weight excluding hydrogens is 349 g/mol. The molecule has 0 aliphatic carbocycles. The molecule has 0 heterocycles. The van der Waals surface area contributed by atoms with Crippen molar-refractivity contribution < 1.29 is 24.2 Å². The van der Waals surface area contributed by atoms with Crippen LogP contribution in [0.3, 0.4) is 0 Å². The third-order valence-corrected chi connectivity index (χ3v) is 3.58. The minimum Gasteiger partial charge on any atom is -0.502 e. The van der Waals surface area contributed by atoms with Gasteiger partial charge < -0.3 is 15.1 Å². The first kappa shape index (κ1) is 18.5. The highest BCUT2D eigenvalue weighted by Gasteiger charge is 2.16. The fourth-order valence-corrected chi connectivity index (χ4v) is 2.36. The topological polar surface area (TPSA) is 77.8 Å². The smallest absolute Gasteiger partial charge is 0.371 e. The molecular formula is C18H15ClFNO4. The number of aliphatic carboxylic acids is 1. The SMILES string of the molecule is O=C(O)/C(O)=C/C(=O)N(Cc1ccc(F)cc1)Cc1cccc(Cl)c1. The molecule has 25 heavy (non-hydrogen) atoms. The fourth-order valence-electron chi connectivity index (χ4n) is 2.15. The maximum atomic E-state index is 13.0. The summed E-state index contributed by atoms with van der Waals surface area (Å²) in [5, 5.41) is 18.5. The highest BCUT2D eigenvalue weighted by molar-refractivity contribution is 6.30.